The summed E-state index contributed by atoms with van der Waals surface area (Å²) in [6.45, 7) is 4.09. The Balaban J connectivity index is 1.85. The monoisotopic (exact) mass is 224 g/mol. The summed E-state index contributed by atoms with van der Waals surface area (Å²) in [4.78, 5) is 14.0. The van der Waals surface area contributed by atoms with Gasteiger partial charge in [0.1, 0.15) is 0 Å². The minimum atomic E-state index is -0.0453. The molecule has 15 heavy (non-hydrogen) atoms. The van der Waals surface area contributed by atoms with Crippen molar-refractivity contribution in [2.24, 2.45) is 0 Å². The van der Waals surface area contributed by atoms with Gasteiger partial charge in [-0.2, -0.15) is 0 Å². The first-order chi connectivity index (χ1) is 7.15. The van der Waals surface area contributed by atoms with Crippen molar-refractivity contribution in [2.45, 2.75) is 38.8 Å². The lowest BCUT2D eigenvalue weighted by Gasteiger charge is -2.12. The first kappa shape index (κ1) is 10.5. The quantitative estimate of drug-likeness (QED) is 0.814. The van der Waals surface area contributed by atoms with Crippen LogP contribution in [0.15, 0.2) is 12.1 Å². The largest absolute Gasteiger partial charge is 0.335 e. The third kappa shape index (κ3) is 2.96. The SMILES string of the molecule is Cc1ccc(C(C)NC(=O)NC2CC2)s1. The number of thiophene rings is 1. The maximum atomic E-state index is 11.5. The summed E-state index contributed by atoms with van der Waals surface area (Å²) in [5, 5.41) is 5.86. The Bertz CT molecular complexity index is 357. The molecule has 0 spiro atoms. The molecule has 1 aromatic heterocycles. The molecule has 1 aliphatic carbocycles. The second-order valence-corrected chi connectivity index (χ2v) is 5.38. The van der Waals surface area contributed by atoms with Gasteiger partial charge >= 0.3 is 6.03 Å². The van der Waals surface area contributed by atoms with Crippen molar-refractivity contribution in [2.75, 3.05) is 0 Å². The molecular weight excluding hydrogens is 208 g/mol. The Hall–Kier alpha value is -1.03. The molecule has 0 aliphatic heterocycles. The molecule has 4 heteroatoms. The minimum absolute atomic E-state index is 0.0453. The second-order valence-electron chi connectivity index (χ2n) is 4.06. The van der Waals surface area contributed by atoms with Gasteiger partial charge in [-0.15, -0.1) is 11.3 Å². The number of amides is 2. The Labute approximate surface area is 93.9 Å². The number of nitrogens with one attached hydrogen (secondary N) is 2. The summed E-state index contributed by atoms with van der Waals surface area (Å²) >= 11 is 1.73. The number of aryl methyl sites for hydroxylation is 1. The third-order valence-corrected chi connectivity index (χ3v) is 3.63. The van der Waals surface area contributed by atoms with Gasteiger partial charge in [0.05, 0.1) is 6.04 Å². The van der Waals surface area contributed by atoms with Crippen LogP contribution in [-0.4, -0.2) is 12.1 Å². The molecule has 0 aromatic carbocycles. The van der Waals surface area contributed by atoms with Crippen LogP contribution >= 0.6 is 11.3 Å². The Morgan fingerprint density at radius 2 is 2.27 bits per heavy atom. The Kier molecular flexibility index (Phi) is 2.95. The van der Waals surface area contributed by atoms with Crippen molar-refractivity contribution >= 4 is 17.4 Å². The van der Waals surface area contributed by atoms with Crippen LogP contribution < -0.4 is 10.6 Å². The lowest BCUT2D eigenvalue weighted by molar-refractivity contribution is 0.237. The fraction of sp³-hybridized carbons (Fsp3) is 0.545. The van der Waals surface area contributed by atoms with Gasteiger partial charge in [-0.25, -0.2) is 4.79 Å². The van der Waals surface area contributed by atoms with Crippen LogP contribution in [0.1, 0.15) is 35.6 Å². The summed E-state index contributed by atoms with van der Waals surface area (Å²) in [5.41, 5.74) is 0. The van der Waals surface area contributed by atoms with Gasteiger partial charge in [0.15, 0.2) is 0 Å². The molecule has 2 N–H and O–H groups in total. The van der Waals surface area contributed by atoms with Crippen LogP contribution in [0, 0.1) is 6.92 Å². The smallest absolute Gasteiger partial charge is 0.315 e. The van der Waals surface area contributed by atoms with E-state index in [4.69, 9.17) is 0 Å². The standard InChI is InChI=1S/C11H16N2OS/c1-7-3-6-10(15-7)8(2)12-11(14)13-9-4-5-9/h3,6,8-9H,4-5H2,1-2H3,(H2,12,13,14). The van der Waals surface area contributed by atoms with E-state index in [1.54, 1.807) is 11.3 Å². The van der Waals surface area contributed by atoms with E-state index in [0.29, 0.717) is 6.04 Å². The molecule has 1 heterocycles. The Morgan fingerprint density at radius 1 is 1.53 bits per heavy atom. The zero-order valence-corrected chi connectivity index (χ0v) is 9.86. The van der Waals surface area contributed by atoms with Crippen molar-refractivity contribution in [3.8, 4) is 0 Å². The summed E-state index contributed by atoms with van der Waals surface area (Å²) in [6, 6.07) is 4.62. The van der Waals surface area contributed by atoms with Crippen molar-refractivity contribution in [3.63, 3.8) is 0 Å². The molecule has 0 bridgehead atoms. The number of carbonyl (C=O) groups is 1. The van der Waals surface area contributed by atoms with Crippen molar-refractivity contribution in [1.29, 1.82) is 0 Å². The Morgan fingerprint density at radius 3 is 2.80 bits per heavy atom. The van der Waals surface area contributed by atoms with Crippen LogP contribution in [-0.2, 0) is 0 Å². The number of urea groups is 1. The first-order valence-corrected chi connectivity index (χ1v) is 6.10. The third-order valence-electron chi connectivity index (χ3n) is 2.45. The summed E-state index contributed by atoms with van der Waals surface area (Å²) in [5.74, 6) is 0. The average molecular weight is 224 g/mol. The molecule has 1 aliphatic rings. The van der Waals surface area contributed by atoms with Crippen LogP contribution in [0.2, 0.25) is 0 Å². The number of hydrogen-bond acceptors (Lipinski definition) is 2. The maximum Gasteiger partial charge on any atom is 0.315 e. The normalized spacial score (nSPS) is 17.2. The molecule has 1 unspecified atom stereocenters. The van der Waals surface area contributed by atoms with Gasteiger partial charge in [-0.05, 0) is 38.8 Å². The van der Waals surface area contributed by atoms with Gasteiger partial charge in [0, 0.05) is 15.8 Å². The fourth-order valence-corrected chi connectivity index (χ4v) is 2.29. The molecule has 1 aromatic rings. The van der Waals surface area contributed by atoms with E-state index < -0.39 is 0 Å². The molecule has 2 amide bonds. The summed E-state index contributed by atoms with van der Waals surface area (Å²) in [6.07, 6.45) is 2.25. The van der Waals surface area contributed by atoms with Gasteiger partial charge in [0.25, 0.3) is 0 Å². The molecular formula is C11H16N2OS. The van der Waals surface area contributed by atoms with Gasteiger partial charge in [-0.1, -0.05) is 0 Å². The fourth-order valence-electron chi connectivity index (χ4n) is 1.41. The lowest BCUT2D eigenvalue weighted by Crippen LogP contribution is -2.37. The predicted molar refractivity (Wildman–Crippen MR) is 62.2 cm³/mol. The topological polar surface area (TPSA) is 41.1 Å². The van der Waals surface area contributed by atoms with E-state index in [1.807, 2.05) is 6.92 Å². The average Bonchev–Trinajstić information content (AvgIpc) is 2.85. The predicted octanol–water partition coefficient (Wildman–Crippen LogP) is 2.58. The van der Waals surface area contributed by atoms with Crippen molar-refractivity contribution in [3.05, 3.63) is 21.9 Å². The minimum Gasteiger partial charge on any atom is -0.335 e. The first-order valence-electron chi connectivity index (χ1n) is 5.28. The molecule has 1 atom stereocenters. The van der Waals surface area contributed by atoms with Crippen LogP contribution in [0.25, 0.3) is 0 Å². The molecule has 1 saturated carbocycles. The van der Waals surface area contributed by atoms with Crippen LogP contribution in [0.3, 0.4) is 0 Å². The van der Waals surface area contributed by atoms with Crippen molar-refractivity contribution < 1.29 is 4.79 Å². The highest BCUT2D eigenvalue weighted by molar-refractivity contribution is 7.12. The van der Waals surface area contributed by atoms with E-state index in [2.05, 4.69) is 29.7 Å². The van der Waals surface area contributed by atoms with E-state index in [9.17, 15) is 4.79 Å². The molecule has 3 nitrogen and oxygen atoms in total. The van der Waals surface area contributed by atoms with Crippen LogP contribution in [0.5, 0.6) is 0 Å². The zero-order chi connectivity index (χ0) is 10.8. The van der Waals surface area contributed by atoms with E-state index in [1.165, 1.54) is 9.75 Å². The van der Waals surface area contributed by atoms with Gasteiger partial charge < -0.3 is 10.6 Å². The molecule has 82 valence electrons. The number of rotatable bonds is 3. The van der Waals surface area contributed by atoms with Crippen LogP contribution in [0.4, 0.5) is 4.79 Å². The number of carbonyl (C=O) groups excluding carboxylic acids is 1. The van der Waals surface area contributed by atoms with E-state index in [0.717, 1.165) is 12.8 Å². The van der Waals surface area contributed by atoms with E-state index >= 15 is 0 Å². The zero-order valence-electron chi connectivity index (χ0n) is 9.04. The summed E-state index contributed by atoms with van der Waals surface area (Å²) in [7, 11) is 0. The maximum absolute atomic E-state index is 11.5. The van der Waals surface area contributed by atoms with E-state index in [-0.39, 0.29) is 12.1 Å². The highest BCUT2D eigenvalue weighted by Gasteiger charge is 2.23. The molecule has 1 fully saturated rings. The highest BCUT2D eigenvalue weighted by atomic mass is 32.1. The summed E-state index contributed by atoms with van der Waals surface area (Å²) < 4.78 is 0. The highest BCUT2D eigenvalue weighted by Crippen LogP contribution is 2.22. The van der Waals surface area contributed by atoms with Gasteiger partial charge in [-0.3, -0.25) is 0 Å². The van der Waals surface area contributed by atoms with Gasteiger partial charge in [0.2, 0.25) is 0 Å². The molecule has 0 radical (unpaired) electrons. The molecule has 0 saturated heterocycles. The lowest BCUT2D eigenvalue weighted by atomic mass is 10.3. The van der Waals surface area contributed by atoms with Crippen molar-refractivity contribution in [1.82, 2.24) is 10.6 Å². The molecule has 2 rings (SSSR count). The number of hydrogen-bond donors (Lipinski definition) is 2. The second kappa shape index (κ2) is 4.23.